The Morgan fingerprint density at radius 2 is 1.55 bits per heavy atom. The van der Waals surface area contributed by atoms with Crippen LogP contribution in [0.15, 0.2) is 42.5 Å². The molecule has 2 aromatic carbocycles. The van der Waals surface area contributed by atoms with E-state index in [4.69, 9.17) is 0 Å². The highest BCUT2D eigenvalue weighted by Crippen LogP contribution is 2.15. The Balaban J connectivity index is 1.61. The van der Waals surface area contributed by atoms with Crippen LogP contribution in [0.3, 0.4) is 0 Å². The van der Waals surface area contributed by atoms with Crippen molar-refractivity contribution in [3.05, 3.63) is 65.2 Å². The number of rotatable bonds is 3. The molecule has 0 aromatic heterocycles. The molecule has 1 saturated heterocycles. The van der Waals surface area contributed by atoms with Gasteiger partial charge in [0, 0.05) is 5.69 Å². The van der Waals surface area contributed by atoms with E-state index in [1.54, 1.807) is 0 Å². The molecule has 0 unspecified atom stereocenters. The highest BCUT2D eigenvalue weighted by Gasteiger charge is 2.22. The van der Waals surface area contributed by atoms with Crippen molar-refractivity contribution in [1.82, 2.24) is 0 Å². The third kappa shape index (κ3) is 3.28. The van der Waals surface area contributed by atoms with Gasteiger partial charge in [-0.1, -0.05) is 23.8 Å². The SMILES string of the molecule is Cc1ccc(N2CC[NH+](Cc3c(F)cccc3F)CC2)cc1. The Kier molecular flexibility index (Phi) is 4.39. The highest BCUT2D eigenvalue weighted by atomic mass is 19.1. The van der Waals surface area contributed by atoms with Crippen molar-refractivity contribution in [1.29, 1.82) is 0 Å². The highest BCUT2D eigenvalue weighted by molar-refractivity contribution is 5.47. The van der Waals surface area contributed by atoms with E-state index in [2.05, 4.69) is 36.1 Å². The summed E-state index contributed by atoms with van der Waals surface area (Å²) in [5.74, 6) is -0.873. The second-order valence-electron chi connectivity index (χ2n) is 5.95. The van der Waals surface area contributed by atoms with E-state index in [1.807, 2.05) is 0 Å². The predicted octanol–water partition coefficient (Wildman–Crippen LogP) is 2.18. The number of anilines is 1. The van der Waals surface area contributed by atoms with Crippen LogP contribution in [-0.4, -0.2) is 26.2 Å². The summed E-state index contributed by atoms with van der Waals surface area (Å²) in [4.78, 5) is 3.56. The molecule has 1 fully saturated rings. The molecule has 0 saturated carbocycles. The summed E-state index contributed by atoms with van der Waals surface area (Å²) in [7, 11) is 0. The van der Waals surface area contributed by atoms with Crippen LogP contribution in [0, 0.1) is 18.6 Å². The van der Waals surface area contributed by atoms with Gasteiger partial charge in [-0.15, -0.1) is 0 Å². The number of nitrogens with one attached hydrogen (secondary N) is 1. The molecule has 2 nitrogen and oxygen atoms in total. The molecule has 4 heteroatoms. The van der Waals surface area contributed by atoms with E-state index in [9.17, 15) is 8.78 Å². The summed E-state index contributed by atoms with van der Waals surface area (Å²) in [5.41, 5.74) is 2.69. The van der Waals surface area contributed by atoms with Gasteiger partial charge in [0.2, 0.25) is 0 Å². The average molecular weight is 303 g/mol. The lowest BCUT2D eigenvalue weighted by molar-refractivity contribution is -0.914. The van der Waals surface area contributed by atoms with Crippen LogP contribution in [-0.2, 0) is 6.54 Å². The van der Waals surface area contributed by atoms with Gasteiger partial charge >= 0.3 is 0 Å². The van der Waals surface area contributed by atoms with Crippen molar-refractivity contribution < 1.29 is 13.7 Å². The van der Waals surface area contributed by atoms with Crippen LogP contribution < -0.4 is 9.80 Å². The first-order valence-corrected chi connectivity index (χ1v) is 7.71. The largest absolute Gasteiger partial charge is 0.360 e. The smallest absolute Gasteiger partial charge is 0.135 e. The van der Waals surface area contributed by atoms with Crippen LogP contribution in [0.1, 0.15) is 11.1 Å². The van der Waals surface area contributed by atoms with Gasteiger partial charge in [0.1, 0.15) is 18.2 Å². The third-order valence-corrected chi connectivity index (χ3v) is 4.36. The van der Waals surface area contributed by atoms with Crippen molar-refractivity contribution >= 4 is 5.69 Å². The van der Waals surface area contributed by atoms with Crippen molar-refractivity contribution in [3.8, 4) is 0 Å². The van der Waals surface area contributed by atoms with Crippen LogP contribution in [0.25, 0.3) is 0 Å². The molecule has 0 amide bonds. The summed E-state index contributed by atoms with van der Waals surface area (Å²) >= 11 is 0. The van der Waals surface area contributed by atoms with Gasteiger partial charge in [-0.05, 0) is 31.2 Å². The van der Waals surface area contributed by atoms with Gasteiger partial charge in [-0.2, -0.15) is 0 Å². The molecule has 0 aliphatic carbocycles. The summed E-state index contributed by atoms with van der Waals surface area (Å²) in [6, 6.07) is 12.6. The standard InChI is InChI=1S/C18H20F2N2/c1-14-5-7-15(8-6-14)22-11-9-21(10-12-22)13-16-17(19)3-2-4-18(16)20/h2-8H,9-13H2,1H3/p+1. The molecule has 0 atom stereocenters. The fourth-order valence-corrected chi connectivity index (χ4v) is 2.96. The van der Waals surface area contributed by atoms with E-state index in [0.717, 1.165) is 26.2 Å². The molecule has 0 radical (unpaired) electrons. The third-order valence-electron chi connectivity index (χ3n) is 4.36. The maximum absolute atomic E-state index is 13.7. The normalized spacial score (nSPS) is 16.0. The van der Waals surface area contributed by atoms with Gasteiger partial charge in [-0.3, -0.25) is 0 Å². The zero-order valence-electron chi connectivity index (χ0n) is 12.8. The number of quaternary nitrogens is 1. The molecule has 1 N–H and O–H groups in total. The van der Waals surface area contributed by atoms with E-state index >= 15 is 0 Å². The number of hydrogen-bond donors (Lipinski definition) is 1. The molecule has 1 aliphatic rings. The molecule has 0 spiro atoms. The summed E-state index contributed by atoms with van der Waals surface area (Å²) < 4.78 is 27.4. The molecule has 2 aromatic rings. The molecule has 22 heavy (non-hydrogen) atoms. The first-order chi connectivity index (χ1) is 10.6. The lowest BCUT2D eigenvalue weighted by Gasteiger charge is -2.33. The topological polar surface area (TPSA) is 7.68 Å². The van der Waals surface area contributed by atoms with Gasteiger partial charge < -0.3 is 9.80 Å². The molecule has 1 aliphatic heterocycles. The van der Waals surface area contributed by atoms with Crippen molar-refractivity contribution in [3.63, 3.8) is 0 Å². The Morgan fingerprint density at radius 3 is 2.14 bits per heavy atom. The van der Waals surface area contributed by atoms with Crippen molar-refractivity contribution in [2.45, 2.75) is 13.5 Å². The minimum atomic E-state index is -0.437. The van der Waals surface area contributed by atoms with E-state index in [1.165, 1.54) is 34.3 Å². The maximum atomic E-state index is 13.7. The number of aryl methyl sites for hydroxylation is 1. The minimum absolute atomic E-state index is 0.210. The fraction of sp³-hybridized carbons (Fsp3) is 0.333. The van der Waals surface area contributed by atoms with Gasteiger partial charge in [0.05, 0.1) is 31.7 Å². The molecule has 116 valence electrons. The predicted molar refractivity (Wildman–Crippen MR) is 84.2 cm³/mol. The quantitative estimate of drug-likeness (QED) is 0.913. The fourth-order valence-electron chi connectivity index (χ4n) is 2.96. The summed E-state index contributed by atoms with van der Waals surface area (Å²) in [6.07, 6.45) is 0. The lowest BCUT2D eigenvalue weighted by Crippen LogP contribution is -3.13. The number of nitrogens with zero attached hydrogens (tertiary/aromatic N) is 1. The van der Waals surface area contributed by atoms with Crippen LogP contribution >= 0.6 is 0 Å². The van der Waals surface area contributed by atoms with Crippen LogP contribution in [0.5, 0.6) is 0 Å². The van der Waals surface area contributed by atoms with Crippen molar-refractivity contribution in [2.75, 3.05) is 31.1 Å². The molecular weight excluding hydrogens is 282 g/mol. The van der Waals surface area contributed by atoms with E-state index < -0.39 is 11.6 Å². The second kappa shape index (κ2) is 6.44. The number of benzene rings is 2. The summed E-state index contributed by atoms with van der Waals surface area (Å²) in [6.45, 7) is 6.10. The Bertz CT molecular complexity index is 612. The summed E-state index contributed by atoms with van der Waals surface area (Å²) in [5, 5.41) is 0. The monoisotopic (exact) mass is 303 g/mol. The van der Waals surface area contributed by atoms with Gasteiger partial charge in [0.15, 0.2) is 0 Å². The Morgan fingerprint density at radius 1 is 0.955 bits per heavy atom. The molecular formula is C18H21F2N2+. The zero-order chi connectivity index (χ0) is 15.5. The Hall–Kier alpha value is -1.94. The first-order valence-electron chi connectivity index (χ1n) is 7.71. The molecule has 0 bridgehead atoms. The average Bonchev–Trinajstić information content (AvgIpc) is 2.53. The van der Waals surface area contributed by atoms with E-state index in [0.29, 0.717) is 6.54 Å². The maximum Gasteiger partial charge on any atom is 0.135 e. The number of halogens is 2. The lowest BCUT2D eigenvalue weighted by atomic mass is 10.1. The number of hydrogen-bond acceptors (Lipinski definition) is 1. The van der Waals surface area contributed by atoms with E-state index in [-0.39, 0.29) is 5.56 Å². The van der Waals surface area contributed by atoms with Gasteiger partial charge in [0.25, 0.3) is 0 Å². The molecule has 1 heterocycles. The van der Waals surface area contributed by atoms with Crippen molar-refractivity contribution in [2.24, 2.45) is 0 Å². The first kappa shape index (κ1) is 15.0. The van der Waals surface area contributed by atoms with Crippen LogP contribution in [0.2, 0.25) is 0 Å². The molecule has 3 rings (SSSR count). The number of piperazine rings is 1. The van der Waals surface area contributed by atoms with Crippen LogP contribution in [0.4, 0.5) is 14.5 Å². The van der Waals surface area contributed by atoms with Gasteiger partial charge in [-0.25, -0.2) is 8.78 Å². The Labute approximate surface area is 130 Å². The minimum Gasteiger partial charge on any atom is -0.360 e. The second-order valence-corrected chi connectivity index (χ2v) is 5.95. The zero-order valence-corrected chi connectivity index (χ0v) is 12.8.